The summed E-state index contributed by atoms with van der Waals surface area (Å²) < 4.78 is 5.53. The normalized spacial score (nSPS) is 13.7. The third-order valence-electron chi connectivity index (χ3n) is 2.89. The highest BCUT2D eigenvalue weighted by Crippen LogP contribution is 2.28. The molecule has 3 nitrogen and oxygen atoms in total. The fraction of sp³-hybridized carbons (Fsp3) is 0.500. The summed E-state index contributed by atoms with van der Waals surface area (Å²) in [5.74, 6) is 0.763. The molecule has 0 aliphatic rings. The molecule has 0 spiro atoms. The fourth-order valence-electron chi connectivity index (χ4n) is 1.38. The molecule has 0 radical (unpaired) electrons. The maximum atomic E-state index is 11.8. The van der Waals surface area contributed by atoms with Crippen molar-refractivity contribution in [2.24, 2.45) is 5.92 Å². The second kappa shape index (κ2) is 7.61. The Morgan fingerprint density at radius 1 is 1.37 bits per heavy atom. The lowest BCUT2D eigenvalue weighted by Gasteiger charge is -2.17. The van der Waals surface area contributed by atoms with Crippen molar-refractivity contribution in [1.82, 2.24) is 5.32 Å². The molecule has 2 unspecified atom stereocenters. The molecule has 106 valence electrons. The second-order valence-electron chi connectivity index (χ2n) is 4.59. The summed E-state index contributed by atoms with van der Waals surface area (Å²) >= 11 is 11.8. The fourth-order valence-corrected chi connectivity index (χ4v) is 1.83. The molecule has 0 fully saturated rings. The van der Waals surface area contributed by atoms with Crippen LogP contribution in [0.3, 0.4) is 0 Å². The van der Waals surface area contributed by atoms with Gasteiger partial charge in [-0.1, -0.05) is 43.5 Å². The largest absolute Gasteiger partial charge is 0.479 e. The number of nitrogens with one attached hydrogen (secondary N) is 1. The van der Waals surface area contributed by atoms with Gasteiger partial charge in [0, 0.05) is 11.6 Å². The van der Waals surface area contributed by atoms with Crippen molar-refractivity contribution in [3.63, 3.8) is 0 Å². The van der Waals surface area contributed by atoms with Crippen LogP contribution in [0.5, 0.6) is 5.75 Å². The monoisotopic (exact) mass is 303 g/mol. The molecule has 1 N–H and O–H groups in total. The van der Waals surface area contributed by atoms with Crippen LogP contribution in [0.2, 0.25) is 10.0 Å². The van der Waals surface area contributed by atoms with Crippen molar-refractivity contribution in [1.29, 1.82) is 0 Å². The maximum absolute atomic E-state index is 11.8. The molecule has 0 bridgehead atoms. The SMILES string of the molecule is CCC(C)CNC(=O)C(C)Oc1ccc(Cl)cc1Cl. The molecular weight excluding hydrogens is 285 g/mol. The van der Waals surface area contributed by atoms with Crippen molar-refractivity contribution in [3.05, 3.63) is 28.2 Å². The first-order valence-electron chi connectivity index (χ1n) is 6.33. The Labute approximate surface area is 124 Å². The first-order valence-corrected chi connectivity index (χ1v) is 7.09. The summed E-state index contributed by atoms with van der Waals surface area (Å²) in [5.41, 5.74) is 0. The lowest BCUT2D eigenvalue weighted by molar-refractivity contribution is -0.127. The van der Waals surface area contributed by atoms with Crippen LogP contribution in [0, 0.1) is 5.92 Å². The van der Waals surface area contributed by atoms with Crippen LogP contribution in [-0.2, 0) is 4.79 Å². The third-order valence-corrected chi connectivity index (χ3v) is 3.42. The number of carbonyl (C=O) groups is 1. The molecule has 2 atom stereocenters. The number of benzene rings is 1. The quantitative estimate of drug-likeness (QED) is 0.865. The van der Waals surface area contributed by atoms with E-state index in [2.05, 4.69) is 19.2 Å². The van der Waals surface area contributed by atoms with E-state index in [1.165, 1.54) is 0 Å². The van der Waals surface area contributed by atoms with E-state index >= 15 is 0 Å². The minimum Gasteiger partial charge on any atom is -0.479 e. The van der Waals surface area contributed by atoms with Crippen molar-refractivity contribution in [2.45, 2.75) is 33.3 Å². The number of hydrogen-bond acceptors (Lipinski definition) is 2. The highest BCUT2D eigenvalue weighted by Gasteiger charge is 2.16. The zero-order chi connectivity index (χ0) is 14.4. The average Bonchev–Trinajstić information content (AvgIpc) is 2.38. The van der Waals surface area contributed by atoms with Gasteiger partial charge in [-0.25, -0.2) is 0 Å². The smallest absolute Gasteiger partial charge is 0.260 e. The number of hydrogen-bond donors (Lipinski definition) is 1. The first kappa shape index (κ1) is 16.1. The van der Waals surface area contributed by atoms with Gasteiger partial charge in [0.05, 0.1) is 5.02 Å². The van der Waals surface area contributed by atoms with Crippen LogP contribution in [-0.4, -0.2) is 18.6 Å². The van der Waals surface area contributed by atoms with E-state index in [-0.39, 0.29) is 5.91 Å². The van der Waals surface area contributed by atoms with Gasteiger partial charge in [0.15, 0.2) is 6.10 Å². The van der Waals surface area contributed by atoms with E-state index in [0.29, 0.717) is 28.3 Å². The summed E-state index contributed by atoms with van der Waals surface area (Å²) in [6.07, 6.45) is 0.432. The molecule has 0 saturated carbocycles. The molecule has 0 aliphatic heterocycles. The predicted octanol–water partition coefficient (Wildman–Crippen LogP) is 3.92. The van der Waals surface area contributed by atoms with Crippen LogP contribution in [0.4, 0.5) is 0 Å². The van der Waals surface area contributed by atoms with E-state index in [1.54, 1.807) is 25.1 Å². The molecule has 5 heteroatoms. The zero-order valence-corrected chi connectivity index (χ0v) is 12.9. The molecule has 0 aromatic heterocycles. The Kier molecular flexibility index (Phi) is 6.46. The third kappa shape index (κ3) is 5.29. The minimum absolute atomic E-state index is 0.147. The molecule has 1 aromatic rings. The average molecular weight is 304 g/mol. The van der Waals surface area contributed by atoms with Crippen LogP contribution in [0.25, 0.3) is 0 Å². The van der Waals surface area contributed by atoms with Crippen molar-refractivity contribution in [2.75, 3.05) is 6.54 Å². The second-order valence-corrected chi connectivity index (χ2v) is 5.44. The molecule has 0 heterocycles. The zero-order valence-electron chi connectivity index (χ0n) is 11.4. The van der Waals surface area contributed by atoms with Gasteiger partial charge < -0.3 is 10.1 Å². The van der Waals surface area contributed by atoms with Gasteiger partial charge >= 0.3 is 0 Å². The van der Waals surface area contributed by atoms with Gasteiger partial charge in [0.1, 0.15) is 5.75 Å². The van der Waals surface area contributed by atoms with Crippen molar-refractivity contribution < 1.29 is 9.53 Å². The molecule has 0 saturated heterocycles. The van der Waals surface area contributed by atoms with Crippen LogP contribution >= 0.6 is 23.2 Å². The predicted molar refractivity (Wildman–Crippen MR) is 79.0 cm³/mol. The first-order chi connectivity index (χ1) is 8.93. The molecular formula is C14H19Cl2NO2. The van der Waals surface area contributed by atoms with Gasteiger partial charge in [0.2, 0.25) is 0 Å². The van der Waals surface area contributed by atoms with E-state index in [9.17, 15) is 4.79 Å². The van der Waals surface area contributed by atoms with E-state index < -0.39 is 6.10 Å². The Morgan fingerprint density at radius 2 is 2.05 bits per heavy atom. The van der Waals surface area contributed by atoms with Gasteiger partial charge in [-0.3, -0.25) is 4.79 Å². The number of ether oxygens (including phenoxy) is 1. The topological polar surface area (TPSA) is 38.3 Å². The lowest BCUT2D eigenvalue weighted by atomic mass is 10.1. The van der Waals surface area contributed by atoms with Crippen molar-refractivity contribution in [3.8, 4) is 5.75 Å². The van der Waals surface area contributed by atoms with E-state index in [1.807, 2.05) is 0 Å². The van der Waals surface area contributed by atoms with Crippen molar-refractivity contribution >= 4 is 29.1 Å². The standard InChI is InChI=1S/C14H19Cl2NO2/c1-4-9(2)8-17-14(18)10(3)19-13-6-5-11(15)7-12(13)16/h5-7,9-10H,4,8H2,1-3H3,(H,17,18). The highest BCUT2D eigenvalue weighted by molar-refractivity contribution is 6.35. The Balaban J connectivity index is 2.54. The summed E-state index contributed by atoms with van der Waals surface area (Å²) in [7, 11) is 0. The molecule has 1 amide bonds. The number of amides is 1. The summed E-state index contributed by atoms with van der Waals surface area (Å²) in [6, 6.07) is 4.91. The minimum atomic E-state index is -0.595. The summed E-state index contributed by atoms with van der Waals surface area (Å²) in [4.78, 5) is 11.8. The van der Waals surface area contributed by atoms with E-state index in [0.717, 1.165) is 6.42 Å². The molecule has 1 aromatic carbocycles. The molecule has 0 aliphatic carbocycles. The van der Waals surface area contributed by atoms with Crippen LogP contribution in [0.1, 0.15) is 27.2 Å². The van der Waals surface area contributed by atoms with Crippen LogP contribution in [0.15, 0.2) is 18.2 Å². The maximum Gasteiger partial charge on any atom is 0.260 e. The Morgan fingerprint density at radius 3 is 2.63 bits per heavy atom. The summed E-state index contributed by atoms with van der Waals surface area (Å²) in [5, 5.41) is 3.78. The van der Waals surface area contributed by atoms with E-state index in [4.69, 9.17) is 27.9 Å². The number of rotatable bonds is 6. The summed E-state index contributed by atoms with van der Waals surface area (Å²) in [6.45, 7) is 6.51. The highest BCUT2D eigenvalue weighted by atomic mass is 35.5. The Hall–Kier alpha value is -0.930. The van der Waals surface area contributed by atoms with Gasteiger partial charge in [-0.2, -0.15) is 0 Å². The lowest BCUT2D eigenvalue weighted by Crippen LogP contribution is -2.38. The van der Waals surface area contributed by atoms with Gasteiger partial charge in [-0.05, 0) is 31.0 Å². The number of carbonyl (C=O) groups excluding carboxylic acids is 1. The number of halogens is 2. The molecule has 19 heavy (non-hydrogen) atoms. The van der Waals surface area contributed by atoms with Gasteiger partial charge in [0.25, 0.3) is 5.91 Å². The van der Waals surface area contributed by atoms with Crippen LogP contribution < -0.4 is 10.1 Å². The van der Waals surface area contributed by atoms with Gasteiger partial charge in [-0.15, -0.1) is 0 Å². The Bertz CT molecular complexity index is 437. The molecule has 1 rings (SSSR count).